The van der Waals surface area contributed by atoms with Crippen molar-refractivity contribution in [2.75, 3.05) is 45.9 Å². The maximum absolute atomic E-state index is 12.5. The molecule has 1 aromatic carbocycles. The number of rotatable bonds is 6. The Morgan fingerprint density at radius 3 is 2.50 bits per heavy atom. The Bertz CT molecular complexity index is 648. The largest absolute Gasteiger partial charge is 0.467 e. The van der Waals surface area contributed by atoms with Gasteiger partial charge in [-0.1, -0.05) is 0 Å². The first-order valence-corrected chi connectivity index (χ1v) is 8.49. The zero-order chi connectivity index (χ0) is 18.7. The van der Waals surface area contributed by atoms with Gasteiger partial charge in [0.1, 0.15) is 24.9 Å². The van der Waals surface area contributed by atoms with Crippen molar-refractivity contribution >= 4 is 17.6 Å². The van der Waals surface area contributed by atoms with Crippen molar-refractivity contribution in [2.24, 2.45) is 0 Å². The van der Waals surface area contributed by atoms with Crippen LogP contribution in [-0.4, -0.2) is 77.3 Å². The van der Waals surface area contributed by atoms with Gasteiger partial charge in [0.05, 0.1) is 26.4 Å². The van der Waals surface area contributed by atoms with Crippen LogP contribution in [0.1, 0.15) is 10.4 Å². The third kappa shape index (κ3) is 3.98. The van der Waals surface area contributed by atoms with Crippen molar-refractivity contribution in [2.45, 2.75) is 24.4 Å². The van der Waals surface area contributed by atoms with E-state index in [4.69, 9.17) is 14.2 Å². The molecule has 0 aromatic heterocycles. The predicted molar refractivity (Wildman–Crippen MR) is 93.3 cm³/mol. The number of anilines is 1. The molecular weight excluding hydrogens is 340 g/mol. The van der Waals surface area contributed by atoms with E-state index in [1.54, 1.807) is 12.1 Å². The second-order valence-electron chi connectivity index (χ2n) is 6.54. The molecule has 0 bridgehead atoms. The molecule has 1 aromatic rings. The Kier molecular flexibility index (Phi) is 5.75. The zero-order valence-corrected chi connectivity index (χ0v) is 15.1. The van der Waals surface area contributed by atoms with E-state index in [-0.39, 0.29) is 36.9 Å². The van der Waals surface area contributed by atoms with Gasteiger partial charge in [0.25, 0.3) is 5.91 Å². The smallest absolute Gasteiger partial charge is 0.331 e. The van der Waals surface area contributed by atoms with Crippen molar-refractivity contribution in [1.29, 1.82) is 0 Å². The van der Waals surface area contributed by atoms with E-state index in [2.05, 4.69) is 10.1 Å². The van der Waals surface area contributed by atoms with Crippen molar-refractivity contribution in [3.05, 3.63) is 29.8 Å². The first kappa shape index (κ1) is 18.6. The minimum absolute atomic E-state index is 0.146. The number of esters is 1. The molecule has 0 saturated carbocycles. The molecule has 2 aliphatic heterocycles. The van der Waals surface area contributed by atoms with E-state index < -0.39 is 5.97 Å². The fourth-order valence-corrected chi connectivity index (χ4v) is 3.13. The molecule has 3 rings (SSSR count). The molecule has 2 heterocycles. The Morgan fingerprint density at radius 1 is 1.15 bits per heavy atom. The summed E-state index contributed by atoms with van der Waals surface area (Å²) >= 11 is 0. The first-order valence-electron chi connectivity index (χ1n) is 8.49. The SMILES string of the molecule is COC(=O)CO[C@@H]1CO[C@H]2[C@H]1OC[C@H]2NC(=O)c1ccc(N(C)C)cc1. The summed E-state index contributed by atoms with van der Waals surface area (Å²) in [6, 6.07) is 7.11. The van der Waals surface area contributed by atoms with Gasteiger partial charge >= 0.3 is 5.97 Å². The van der Waals surface area contributed by atoms with Gasteiger partial charge in [-0.15, -0.1) is 0 Å². The Balaban J connectivity index is 1.55. The van der Waals surface area contributed by atoms with Crippen LogP contribution < -0.4 is 10.2 Å². The molecule has 2 fully saturated rings. The summed E-state index contributed by atoms with van der Waals surface area (Å²) < 4.78 is 21.5. The maximum atomic E-state index is 12.5. The molecule has 26 heavy (non-hydrogen) atoms. The van der Waals surface area contributed by atoms with Crippen LogP contribution in [0.5, 0.6) is 0 Å². The normalized spacial score (nSPS) is 27.0. The molecule has 0 spiro atoms. The molecule has 0 aliphatic carbocycles. The quantitative estimate of drug-likeness (QED) is 0.722. The number of methoxy groups -OCH3 is 1. The van der Waals surface area contributed by atoms with Crippen LogP contribution in [0, 0.1) is 0 Å². The third-order valence-corrected chi connectivity index (χ3v) is 4.61. The minimum Gasteiger partial charge on any atom is -0.467 e. The van der Waals surface area contributed by atoms with Crippen LogP contribution in [0.4, 0.5) is 5.69 Å². The van der Waals surface area contributed by atoms with E-state index in [9.17, 15) is 9.59 Å². The number of hydrogen-bond donors (Lipinski definition) is 1. The molecule has 4 atom stereocenters. The van der Waals surface area contributed by atoms with Crippen molar-refractivity contribution in [3.8, 4) is 0 Å². The molecular formula is C18H24N2O6. The summed E-state index contributed by atoms with van der Waals surface area (Å²) in [7, 11) is 5.20. The maximum Gasteiger partial charge on any atom is 0.331 e. The van der Waals surface area contributed by atoms with Gasteiger partial charge < -0.3 is 29.2 Å². The minimum atomic E-state index is -0.447. The van der Waals surface area contributed by atoms with E-state index in [1.807, 2.05) is 31.1 Å². The summed E-state index contributed by atoms with van der Waals surface area (Å²) in [5.74, 6) is -0.621. The molecule has 0 radical (unpaired) electrons. The number of carbonyl (C=O) groups is 2. The van der Waals surface area contributed by atoms with E-state index >= 15 is 0 Å². The van der Waals surface area contributed by atoms with Gasteiger partial charge in [-0.25, -0.2) is 4.79 Å². The van der Waals surface area contributed by atoms with E-state index in [0.29, 0.717) is 18.8 Å². The highest BCUT2D eigenvalue weighted by atomic mass is 16.6. The number of carbonyl (C=O) groups excluding carboxylic acids is 2. The van der Waals surface area contributed by atoms with Gasteiger partial charge in [-0.3, -0.25) is 4.79 Å². The number of nitrogens with zero attached hydrogens (tertiary/aromatic N) is 1. The molecule has 8 nitrogen and oxygen atoms in total. The Morgan fingerprint density at radius 2 is 1.85 bits per heavy atom. The van der Waals surface area contributed by atoms with Crippen molar-refractivity contribution in [1.82, 2.24) is 5.32 Å². The number of ether oxygens (including phenoxy) is 4. The lowest BCUT2D eigenvalue weighted by Crippen LogP contribution is -2.44. The average Bonchev–Trinajstić information content (AvgIpc) is 3.22. The Labute approximate surface area is 152 Å². The van der Waals surface area contributed by atoms with Gasteiger partial charge in [0, 0.05) is 25.3 Å². The first-order chi connectivity index (χ1) is 12.5. The monoisotopic (exact) mass is 364 g/mol. The zero-order valence-electron chi connectivity index (χ0n) is 15.1. The summed E-state index contributed by atoms with van der Waals surface area (Å²) in [5, 5.41) is 2.96. The lowest BCUT2D eigenvalue weighted by Gasteiger charge is -2.18. The van der Waals surface area contributed by atoms with Gasteiger partial charge in [0.15, 0.2) is 0 Å². The second-order valence-corrected chi connectivity index (χ2v) is 6.54. The molecule has 2 aliphatic rings. The topological polar surface area (TPSA) is 86.3 Å². The highest BCUT2D eigenvalue weighted by Crippen LogP contribution is 2.29. The number of hydrogen-bond acceptors (Lipinski definition) is 7. The number of nitrogens with one attached hydrogen (secondary N) is 1. The molecule has 1 N–H and O–H groups in total. The van der Waals surface area contributed by atoms with Gasteiger partial charge in [-0.2, -0.15) is 0 Å². The van der Waals surface area contributed by atoms with E-state index in [0.717, 1.165) is 5.69 Å². The lowest BCUT2D eigenvalue weighted by atomic mass is 10.1. The average molecular weight is 364 g/mol. The van der Waals surface area contributed by atoms with Crippen LogP contribution in [0.2, 0.25) is 0 Å². The van der Waals surface area contributed by atoms with Crippen LogP contribution >= 0.6 is 0 Å². The molecule has 0 unspecified atom stereocenters. The summed E-state index contributed by atoms with van der Waals surface area (Å²) in [6.45, 7) is 0.511. The molecule has 8 heteroatoms. The fourth-order valence-electron chi connectivity index (χ4n) is 3.13. The fraction of sp³-hybridized carbons (Fsp3) is 0.556. The van der Waals surface area contributed by atoms with E-state index in [1.165, 1.54) is 7.11 Å². The molecule has 1 amide bonds. The molecule has 2 saturated heterocycles. The number of benzene rings is 1. The highest BCUT2D eigenvalue weighted by molar-refractivity contribution is 5.94. The van der Waals surface area contributed by atoms with Crippen molar-refractivity contribution in [3.63, 3.8) is 0 Å². The van der Waals surface area contributed by atoms with Crippen molar-refractivity contribution < 1.29 is 28.5 Å². The Hall–Kier alpha value is -2.16. The van der Waals surface area contributed by atoms with Crippen LogP contribution in [0.15, 0.2) is 24.3 Å². The summed E-state index contributed by atoms with van der Waals surface area (Å²) in [5.41, 5.74) is 1.60. The third-order valence-electron chi connectivity index (χ3n) is 4.61. The number of fused-ring (bicyclic) bond motifs is 1. The standard InChI is InChI=1S/C18H24N2O6/c1-20(2)12-6-4-11(5-7-12)18(22)19-13-8-25-17-14(9-26-16(13)17)24-10-15(21)23-3/h4-7,13-14,16-17H,8-10H2,1-3H3,(H,19,22)/t13-,14-,16-,17+/m1/s1. The molecule has 142 valence electrons. The number of amides is 1. The van der Waals surface area contributed by atoms with Gasteiger partial charge in [-0.05, 0) is 24.3 Å². The summed E-state index contributed by atoms with van der Waals surface area (Å²) in [4.78, 5) is 25.7. The van der Waals surface area contributed by atoms with Crippen LogP contribution in [-0.2, 0) is 23.7 Å². The lowest BCUT2D eigenvalue weighted by molar-refractivity contribution is -0.150. The van der Waals surface area contributed by atoms with Crippen LogP contribution in [0.25, 0.3) is 0 Å². The predicted octanol–water partition coefficient (Wildman–Crippen LogP) is 0.207. The highest BCUT2D eigenvalue weighted by Gasteiger charge is 2.49. The second kappa shape index (κ2) is 8.03. The summed E-state index contributed by atoms with van der Waals surface area (Å²) in [6.07, 6.45) is -0.941. The van der Waals surface area contributed by atoms with Gasteiger partial charge in [0.2, 0.25) is 0 Å². The van der Waals surface area contributed by atoms with Crippen LogP contribution in [0.3, 0.4) is 0 Å².